The van der Waals surface area contributed by atoms with Crippen molar-refractivity contribution in [2.24, 2.45) is 16.7 Å². The summed E-state index contributed by atoms with van der Waals surface area (Å²) in [7, 11) is 1.51. The SMILES string of the molecule is CCC1C2(C)OC(=N)C1(C#N)C(C#N)(C#N)C(c1cccc(OC)c1)O2. The number of ether oxygens (including phenoxy) is 3. The lowest BCUT2D eigenvalue weighted by atomic mass is 9.53. The maximum absolute atomic E-state index is 10.1. The molecule has 0 amide bonds. The standard InChI is InChI=1S/C19H18N4O3/c1-4-14-17(2)25-15(12-6-5-7-13(8-12)24-3)18(9-20,10-21)19(14,11-22)16(23)26-17/h5-8,14-15,23H,4H2,1-3H3. The first kappa shape index (κ1) is 17.7. The molecule has 4 unspecified atom stereocenters. The molecule has 2 fully saturated rings. The molecular weight excluding hydrogens is 332 g/mol. The third-order valence-electron chi connectivity index (χ3n) is 5.52. The molecule has 0 radical (unpaired) electrons. The predicted octanol–water partition coefficient (Wildman–Crippen LogP) is 3.06. The fourth-order valence-electron chi connectivity index (χ4n) is 4.33. The second kappa shape index (κ2) is 5.73. The van der Waals surface area contributed by atoms with Gasteiger partial charge in [-0.3, -0.25) is 5.41 Å². The Hall–Kier alpha value is -3.08. The molecular formula is C19H18N4O3. The number of nitriles is 3. The van der Waals surface area contributed by atoms with Crippen LogP contribution in [-0.2, 0) is 9.47 Å². The van der Waals surface area contributed by atoms with Gasteiger partial charge in [-0.25, -0.2) is 0 Å². The van der Waals surface area contributed by atoms with Crippen LogP contribution in [0.25, 0.3) is 0 Å². The van der Waals surface area contributed by atoms with Crippen molar-refractivity contribution in [1.29, 1.82) is 21.2 Å². The fourth-order valence-corrected chi connectivity index (χ4v) is 4.33. The lowest BCUT2D eigenvalue weighted by Gasteiger charge is -2.48. The highest BCUT2D eigenvalue weighted by molar-refractivity contribution is 5.89. The molecule has 3 rings (SSSR count). The van der Waals surface area contributed by atoms with E-state index in [9.17, 15) is 15.8 Å². The van der Waals surface area contributed by atoms with Crippen molar-refractivity contribution >= 4 is 5.90 Å². The smallest absolute Gasteiger partial charge is 0.214 e. The van der Waals surface area contributed by atoms with Gasteiger partial charge in [-0.05, 0) is 24.1 Å². The second-order valence-corrected chi connectivity index (χ2v) is 6.63. The number of rotatable bonds is 3. The van der Waals surface area contributed by atoms with Crippen LogP contribution in [0.1, 0.15) is 31.9 Å². The minimum atomic E-state index is -1.93. The lowest BCUT2D eigenvalue weighted by Crippen LogP contribution is -2.58. The summed E-state index contributed by atoms with van der Waals surface area (Å²) in [6.07, 6.45) is -0.648. The highest BCUT2D eigenvalue weighted by Gasteiger charge is 2.78. The first-order valence-corrected chi connectivity index (χ1v) is 8.22. The third-order valence-corrected chi connectivity index (χ3v) is 5.52. The van der Waals surface area contributed by atoms with Crippen molar-refractivity contribution < 1.29 is 14.2 Å². The first-order valence-electron chi connectivity index (χ1n) is 8.22. The van der Waals surface area contributed by atoms with Gasteiger partial charge in [0, 0.05) is 6.92 Å². The van der Waals surface area contributed by atoms with Gasteiger partial charge in [0.2, 0.25) is 17.1 Å². The van der Waals surface area contributed by atoms with Crippen LogP contribution in [0.4, 0.5) is 0 Å². The summed E-state index contributed by atoms with van der Waals surface area (Å²) in [6.45, 7) is 3.48. The molecule has 0 aromatic heterocycles. The van der Waals surface area contributed by atoms with E-state index in [0.29, 0.717) is 17.7 Å². The number of hydrogen-bond acceptors (Lipinski definition) is 7. The van der Waals surface area contributed by atoms with Crippen molar-refractivity contribution in [3.63, 3.8) is 0 Å². The Morgan fingerprint density at radius 2 is 1.92 bits per heavy atom. The molecule has 7 nitrogen and oxygen atoms in total. The molecule has 2 bridgehead atoms. The van der Waals surface area contributed by atoms with Gasteiger partial charge in [0.1, 0.15) is 11.9 Å². The molecule has 2 aliphatic heterocycles. The molecule has 7 heteroatoms. The summed E-state index contributed by atoms with van der Waals surface area (Å²) in [5.74, 6) is -1.74. The van der Waals surface area contributed by atoms with Crippen LogP contribution in [0.3, 0.4) is 0 Å². The number of fused-ring (bicyclic) bond motifs is 2. The number of hydrogen-bond donors (Lipinski definition) is 1. The average molecular weight is 350 g/mol. The summed E-state index contributed by atoms with van der Waals surface area (Å²) in [5, 5.41) is 38.5. The number of nitrogens with one attached hydrogen (secondary N) is 1. The predicted molar refractivity (Wildman–Crippen MR) is 89.5 cm³/mol. The van der Waals surface area contributed by atoms with Gasteiger partial charge in [0.05, 0.1) is 31.2 Å². The van der Waals surface area contributed by atoms with Crippen molar-refractivity contribution in [3.05, 3.63) is 29.8 Å². The molecule has 2 aliphatic rings. The monoisotopic (exact) mass is 350 g/mol. The van der Waals surface area contributed by atoms with E-state index in [1.807, 2.05) is 19.1 Å². The van der Waals surface area contributed by atoms with Crippen LogP contribution in [0, 0.1) is 56.2 Å². The van der Waals surface area contributed by atoms with E-state index in [1.54, 1.807) is 31.2 Å². The van der Waals surface area contributed by atoms with Crippen molar-refractivity contribution in [2.45, 2.75) is 32.2 Å². The molecule has 2 heterocycles. The van der Waals surface area contributed by atoms with Crippen LogP contribution in [-0.4, -0.2) is 18.8 Å². The summed E-state index contributed by atoms with van der Waals surface area (Å²) < 4.78 is 17.0. The van der Waals surface area contributed by atoms with Crippen LogP contribution < -0.4 is 4.74 Å². The first-order chi connectivity index (χ1) is 12.4. The van der Waals surface area contributed by atoms with Gasteiger partial charge in [-0.2, -0.15) is 15.8 Å². The van der Waals surface area contributed by atoms with Gasteiger partial charge >= 0.3 is 0 Å². The number of methoxy groups -OCH3 is 1. The average Bonchev–Trinajstić information content (AvgIpc) is 2.84. The molecule has 0 spiro atoms. The quantitative estimate of drug-likeness (QED) is 0.893. The van der Waals surface area contributed by atoms with Gasteiger partial charge in [0.15, 0.2) is 5.41 Å². The van der Waals surface area contributed by atoms with E-state index in [0.717, 1.165) is 0 Å². The maximum atomic E-state index is 10.1. The summed E-state index contributed by atoms with van der Waals surface area (Å²) >= 11 is 0. The fraction of sp³-hybridized carbons (Fsp3) is 0.474. The Bertz CT molecular complexity index is 879. The summed E-state index contributed by atoms with van der Waals surface area (Å²) in [4.78, 5) is 0. The minimum Gasteiger partial charge on any atom is -0.497 e. The minimum absolute atomic E-state index is 0.386. The van der Waals surface area contributed by atoms with Gasteiger partial charge < -0.3 is 14.2 Å². The Morgan fingerprint density at radius 1 is 1.23 bits per heavy atom. The van der Waals surface area contributed by atoms with Crippen molar-refractivity contribution in [2.75, 3.05) is 7.11 Å². The van der Waals surface area contributed by atoms with E-state index >= 15 is 0 Å². The summed E-state index contributed by atoms with van der Waals surface area (Å²) in [5.41, 5.74) is -3.13. The number of benzene rings is 1. The van der Waals surface area contributed by atoms with E-state index < -0.39 is 28.6 Å². The molecule has 1 aromatic carbocycles. The molecule has 0 aliphatic carbocycles. The van der Waals surface area contributed by atoms with Crippen LogP contribution in [0.2, 0.25) is 0 Å². The summed E-state index contributed by atoms with van der Waals surface area (Å²) in [6, 6.07) is 13.0. The Kier molecular flexibility index (Phi) is 3.91. The van der Waals surface area contributed by atoms with E-state index in [1.165, 1.54) is 7.11 Å². The highest BCUT2D eigenvalue weighted by Crippen LogP contribution is 2.67. The third kappa shape index (κ3) is 1.85. The molecule has 0 saturated carbocycles. The zero-order valence-corrected chi connectivity index (χ0v) is 14.7. The molecule has 2 saturated heterocycles. The van der Waals surface area contributed by atoms with Crippen molar-refractivity contribution in [1.82, 2.24) is 0 Å². The second-order valence-electron chi connectivity index (χ2n) is 6.63. The van der Waals surface area contributed by atoms with Gasteiger partial charge in [-0.15, -0.1) is 0 Å². The van der Waals surface area contributed by atoms with Crippen molar-refractivity contribution in [3.8, 4) is 24.0 Å². The largest absolute Gasteiger partial charge is 0.497 e. The number of nitrogens with zero attached hydrogens (tertiary/aromatic N) is 3. The van der Waals surface area contributed by atoms with Crippen LogP contribution in [0.5, 0.6) is 5.75 Å². The lowest BCUT2D eigenvalue weighted by molar-refractivity contribution is -0.273. The van der Waals surface area contributed by atoms with Gasteiger partial charge in [0.25, 0.3) is 0 Å². The van der Waals surface area contributed by atoms with Crippen LogP contribution in [0.15, 0.2) is 24.3 Å². The van der Waals surface area contributed by atoms with Crippen LogP contribution >= 0.6 is 0 Å². The van der Waals surface area contributed by atoms with E-state index in [2.05, 4.69) is 6.07 Å². The Morgan fingerprint density at radius 3 is 2.46 bits per heavy atom. The van der Waals surface area contributed by atoms with E-state index in [4.69, 9.17) is 19.6 Å². The zero-order chi connectivity index (χ0) is 19.2. The van der Waals surface area contributed by atoms with Gasteiger partial charge in [-0.1, -0.05) is 19.1 Å². The Balaban J connectivity index is 2.32. The normalized spacial score (nSPS) is 34.1. The zero-order valence-electron chi connectivity index (χ0n) is 14.7. The molecule has 1 aromatic rings. The molecule has 4 atom stereocenters. The molecule has 26 heavy (non-hydrogen) atoms. The maximum Gasteiger partial charge on any atom is 0.214 e. The highest BCUT2D eigenvalue weighted by atomic mass is 16.7. The topological polar surface area (TPSA) is 123 Å². The van der Waals surface area contributed by atoms with E-state index in [-0.39, 0.29) is 5.90 Å². The molecule has 132 valence electrons. The Labute approximate surface area is 151 Å². The molecule has 1 N–H and O–H groups in total.